The molecular weight excluding hydrogens is 224 g/mol. The van der Waals surface area contributed by atoms with Crippen molar-refractivity contribution in [2.24, 2.45) is 0 Å². The molecule has 0 aromatic heterocycles. The van der Waals surface area contributed by atoms with Crippen LogP contribution in [0.3, 0.4) is 0 Å². The first-order valence-corrected chi connectivity index (χ1v) is 5.56. The van der Waals surface area contributed by atoms with E-state index in [4.69, 9.17) is 4.74 Å². The predicted octanol–water partition coefficient (Wildman–Crippen LogP) is -0.368. The Labute approximate surface area is 102 Å². The number of likely N-dealkylation sites (N-methyl/N-ethyl adjacent to an activating group) is 1. The van der Waals surface area contributed by atoms with Crippen LogP contribution in [0.1, 0.15) is 13.3 Å². The van der Waals surface area contributed by atoms with E-state index in [0.29, 0.717) is 19.7 Å². The summed E-state index contributed by atoms with van der Waals surface area (Å²) in [4.78, 5) is 24.4. The van der Waals surface area contributed by atoms with Crippen molar-refractivity contribution >= 4 is 11.9 Å². The minimum atomic E-state index is -0.281. The van der Waals surface area contributed by atoms with Crippen molar-refractivity contribution in [1.82, 2.24) is 10.2 Å². The number of esters is 1. The maximum atomic E-state index is 11.6. The van der Waals surface area contributed by atoms with Crippen LogP contribution in [0.2, 0.25) is 0 Å². The summed E-state index contributed by atoms with van der Waals surface area (Å²) in [5.74, 6) is -0.349. The number of nitrogens with zero attached hydrogens (tertiary/aromatic N) is 1. The Morgan fingerprint density at radius 2 is 2.00 bits per heavy atom. The second-order valence-electron chi connectivity index (χ2n) is 3.77. The van der Waals surface area contributed by atoms with E-state index in [0.717, 1.165) is 0 Å². The molecular formula is C11H22N2O4. The van der Waals surface area contributed by atoms with Crippen LogP contribution in [-0.2, 0) is 19.1 Å². The third-order valence-electron chi connectivity index (χ3n) is 2.54. The lowest BCUT2D eigenvalue weighted by atomic mass is 10.2. The minimum Gasteiger partial charge on any atom is -0.469 e. The van der Waals surface area contributed by atoms with Crippen LogP contribution in [0, 0.1) is 0 Å². The maximum Gasteiger partial charge on any atom is 0.306 e. The summed E-state index contributed by atoms with van der Waals surface area (Å²) in [6, 6.07) is -0.281. The van der Waals surface area contributed by atoms with Gasteiger partial charge in [0.2, 0.25) is 5.91 Å². The predicted molar refractivity (Wildman–Crippen MR) is 63.6 cm³/mol. The summed E-state index contributed by atoms with van der Waals surface area (Å²) in [5.41, 5.74) is 0. The van der Waals surface area contributed by atoms with E-state index < -0.39 is 0 Å². The Bertz CT molecular complexity index is 246. The molecule has 1 N–H and O–H groups in total. The van der Waals surface area contributed by atoms with Crippen molar-refractivity contribution in [2.45, 2.75) is 19.4 Å². The fourth-order valence-corrected chi connectivity index (χ4v) is 1.19. The number of ether oxygens (including phenoxy) is 2. The summed E-state index contributed by atoms with van der Waals surface area (Å²) < 4.78 is 9.37. The molecule has 0 aromatic rings. The second-order valence-corrected chi connectivity index (χ2v) is 3.77. The average molecular weight is 246 g/mol. The summed E-state index contributed by atoms with van der Waals surface area (Å²) in [7, 11) is 4.73. The van der Waals surface area contributed by atoms with E-state index in [9.17, 15) is 9.59 Å². The Morgan fingerprint density at radius 1 is 1.35 bits per heavy atom. The number of hydrogen-bond donors (Lipinski definition) is 1. The van der Waals surface area contributed by atoms with E-state index in [2.05, 4.69) is 10.1 Å². The Kier molecular flexibility index (Phi) is 8.35. The van der Waals surface area contributed by atoms with Crippen LogP contribution in [-0.4, -0.2) is 63.8 Å². The van der Waals surface area contributed by atoms with E-state index >= 15 is 0 Å². The highest BCUT2D eigenvalue weighted by atomic mass is 16.5. The zero-order valence-electron chi connectivity index (χ0n) is 11.0. The van der Waals surface area contributed by atoms with Crippen LogP contribution in [0.15, 0.2) is 0 Å². The molecule has 6 nitrogen and oxygen atoms in total. The van der Waals surface area contributed by atoms with Crippen LogP contribution >= 0.6 is 0 Å². The molecule has 0 saturated carbocycles. The Balaban J connectivity index is 3.89. The van der Waals surface area contributed by atoms with Gasteiger partial charge in [-0.25, -0.2) is 0 Å². The van der Waals surface area contributed by atoms with Gasteiger partial charge in [-0.05, 0) is 14.0 Å². The first-order valence-electron chi connectivity index (χ1n) is 5.56. The van der Waals surface area contributed by atoms with Gasteiger partial charge in [-0.15, -0.1) is 0 Å². The Hall–Kier alpha value is -1.14. The molecule has 0 aliphatic rings. The van der Waals surface area contributed by atoms with Crippen LogP contribution in [0.4, 0.5) is 0 Å². The van der Waals surface area contributed by atoms with Gasteiger partial charge in [-0.3, -0.25) is 14.5 Å². The summed E-state index contributed by atoms with van der Waals surface area (Å²) >= 11 is 0. The lowest BCUT2D eigenvalue weighted by Crippen LogP contribution is -2.44. The molecule has 0 aliphatic carbocycles. The number of hydrogen-bond acceptors (Lipinski definition) is 5. The van der Waals surface area contributed by atoms with Gasteiger partial charge >= 0.3 is 5.97 Å². The molecule has 0 radical (unpaired) electrons. The number of amides is 1. The summed E-state index contributed by atoms with van der Waals surface area (Å²) in [5, 5.41) is 2.74. The zero-order valence-corrected chi connectivity index (χ0v) is 11.0. The van der Waals surface area contributed by atoms with Gasteiger partial charge < -0.3 is 14.8 Å². The van der Waals surface area contributed by atoms with E-state index in [1.165, 1.54) is 7.11 Å². The van der Waals surface area contributed by atoms with Crippen molar-refractivity contribution in [2.75, 3.05) is 41.0 Å². The smallest absolute Gasteiger partial charge is 0.306 e. The summed E-state index contributed by atoms with van der Waals surface area (Å²) in [6.45, 7) is 3.26. The van der Waals surface area contributed by atoms with Gasteiger partial charge in [0.25, 0.3) is 0 Å². The SMILES string of the molecule is COCCNC(=O)C(C)N(C)CCC(=O)OC. The zero-order chi connectivity index (χ0) is 13.3. The highest BCUT2D eigenvalue weighted by molar-refractivity contribution is 5.81. The van der Waals surface area contributed by atoms with Gasteiger partial charge in [0.05, 0.1) is 26.2 Å². The first-order chi connectivity index (χ1) is 8.02. The molecule has 6 heteroatoms. The molecule has 1 atom stereocenters. The van der Waals surface area contributed by atoms with Gasteiger partial charge in [0.15, 0.2) is 0 Å². The average Bonchev–Trinajstić information content (AvgIpc) is 2.34. The molecule has 0 spiro atoms. The van der Waals surface area contributed by atoms with Gasteiger partial charge in [0.1, 0.15) is 0 Å². The van der Waals surface area contributed by atoms with Crippen molar-refractivity contribution in [3.05, 3.63) is 0 Å². The van der Waals surface area contributed by atoms with Crippen molar-refractivity contribution in [3.63, 3.8) is 0 Å². The van der Waals surface area contributed by atoms with Gasteiger partial charge in [-0.1, -0.05) is 0 Å². The lowest BCUT2D eigenvalue weighted by molar-refractivity contribution is -0.141. The molecule has 0 bridgehead atoms. The first kappa shape index (κ1) is 15.9. The monoisotopic (exact) mass is 246 g/mol. The highest BCUT2D eigenvalue weighted by Gasteiger charge is 2.18. The molecule has 0 aliphatic heterocycles. The van der Waals surface area contributed by atoms with Crippen molar-refractivity contribution in [1.29, 1.82) is 0 Å². The van der Waals surface area contributed by atoms with Gasteiger partial charge in [0, 0.05) is 20.2 Å². The van der Waals surface area contributed by atoms with Gasteiger partial charge in [-0.2, -0.15) is 0 Å². The maximum absolute atomic E-state index is 11.6. The molecule has 1 unspecified atom stereocenters. The minimum absolute atomic E-state index is 0.0746. The van der Waals surface area contributed by atoms with E-state index in [1.807, 2.05) is 0 Å². The number of rotatable bonds is 8. The molecule has 0 rings (SSSR count). The van der Waals surface area contributed by atoms with Crippen molar-refractivity contribution < 1.29 is 19.1 Å². The molecule has 0 fully saturated rings. The standard InChI is InChI=1S/C11H22N2O4/c1-9(11(15)12-6-8-16-3)13(2)7-5-10(14)17-4/h9H,5-8H2,1-4H3,(H,12,15). The third-order valence-corrected chi connectivity index (χ3v) is 2.54. The molecule has 100 valence electrons. The lowest BCUT2D eigenvalue weighted by Gasteiger charge is -2.23. The number of methoxy groups -OCH3 is 2. The normalized spacial score (nSPS) is 12.3. The summed E-state index contributed by atoms with van der Waals surface area (Å²) in [6.07, 6.45) is 0.280. The fourth-order valence-electron chi connectivity index (χ4n) is 1.19. The molecule has 1 amide bonds. The quantitative estimate of drug-likeness (QED) is 0.467. The molecule has 0 aromatic carbocycles. The topological polar surface area (TPSA) is 67.9 Å². The van der Waals surface area contributed by atoms with E-state index in [1.54, 1.807) is 26.0 Å². The number of carbonyl (C=O) groups is 2. The Morgan fingerprint density at radius 3 is 2.53 bits per heavy atom. The third kappa shape index (κ3) is 6.91. The van der Waals surface area contributed by atoms with Crippen LogP contribution in [0.5, 0.6) is 0 Å². The van der Waals surface area contributed by atoms with E-state index in [-0.39, 0.29) is 24.3 Å². The number of carbonyl (C=O) groups excluding carboxylic acids is 2. The molecule has 0 heterocycles. The van der Waals surface area contributed by atoms with Crippen LogP contribution in [0.25, 0.3) is 0 Å². The second kappa shape index (κ2) is 8.95. The molecule has 0 saturated heterocycles. The number of nitrogens with one attached hydrogen (secondary N) is 1. The van der Waals surface area contributed by atoms with Crippen molar-refractivity contribution in [3.8, 4) is 0 Å². The fraction of sp³-hybridized carbons (Fsp3) is 0.818. The highest BCUT2D eigenvalue weighted by Crippen LogP contribution is 1.98. The van der Waals surface area contributed by atoms with Crippen LogP contribution < -0.4 is 5.32 Å². The molecule has 17 heavy (non-hydrogen) atoms. The largest absolute Gasteiger partial charge is 0.469 e.